The Balaban J connectivity index is 1.80. The Morgan fingerprint density at radius 3 is 2.85 bits per heavy atom. The van der Waals surface area contributed by atoms with E-state index in [2.05, 4.69) is 16.4 Å². The van der Waals surface area contributed by atoms with Gasteiger partial charge in [0.05, 0.1) is 5.56 Å². The van der Waals surface area contributed by atoms with Crippen molar-refractivity contribution in [1.82, 2.24) is 4.98 Å². The second-order valence-electron chi connectivity index (χ2n) is 4.60. The first-order chi connectivity index (χ1) is 9.74. The van der Waals surface area contributed by atoms with Crippen molar-refractivity contribution in [3.8, 4) is 0 Å². The number of aromatic amines is 1. The minimum Gasteiger partial charge on any atom is -0.478 e. The summed E-state index contributed by atoms with van der Waals surface area (Å²) in [6, 6.07) is 15.1. The monoisotopic (exact) mass is 266 g/mol. The van der Waals surface area contributed by atoms with E-state index >= 15 is 0 Å². The predicted molar refractivity (Wildman–Crippen MR) is 79.0 cm³/mol. The number of hydrogen-bond donors (Lipinski definition) is 3. The Hall–Kier alpha value is -2.75. The van der Waals surface area contributed by atoms with E-state index in [4.69, 9.17) is 5.11 Å². The number of rotatable bonds is 4. The van der Waals surface area contributed by atoms with E-state index in [-0.39, 0.29) is 5.56 Å². The first-order valence-electron chi connectivity index (χ1n) is 6.36. The Kier molecular flexibility index (Phi) is 3.13. The number of carbonyl (C=O) groups is 1. The molecule has 4 heteroatoms. The van der Waals surface area contributed by atoms with Crippen LogP contribution in [0.1, 0.15) is 15.9 Å². The number of aromatic carboxylic acids is 1. The summed E-state index contributed by atoms with van der Waals surface area (Å²) < 4.78 is 0. The van der Waals surface area contributed by atoms with E-state index in [1.54, 1.807) is 18.2 Å². The van der Waals surface area contributed by atoms with Crippen LogP contribution >= 0.6 is 0 Å². The van der Waals surface area contributed by atoms with Gasteiger partial charge in [0.2, 0.25) is 0 Å². The number of carboxylic acid groups (broad SMARTS) is 1. The molecule has 0 aliphatic rings. The highest BCUT2D eigenvalue weighted by Crippen LogP contribution is 2.18. The first kappa shape index (κ1) is 12.3. The van der Waals surface area contributed by atoms with Crippen LogP contribution in [0.3, 0.4) is 0 Å². The molecule has 2 aromatic carbocycles. The fourth-order valence-corrected chi connectivity index (χ4v) is 2.23. The molecule has 0 aliphatic carbocycles. The third kappa shape index (κ3) is 2.36. The number of nitrogens with one attached hydrogen (secondary N) is 2. The standard InChI is InChI=1S/C16H14N2O2/c19-16(20)13-3-1-2-4-15(13)18-10-11-5-6-14-12(9-11)7-8-17-14/h1-9,17-18H,10H2,(H,19,20). The lowest BCUT2D eigenvalue weighted by Gasteiger charge is -2.09. The summed E-state index contributed by atoms with van der Waals surface area (Å²) in [5.74, 6) is -0.922. The molecule has 100 valence electrons. The van der Waals surface area contributed by atoms with Gasteiger partial charge in [-0.1, -0.05) is 18.2 Å². The molecule has 0 amide bonds. The summed E-state index contributed by atoms with van der Waals surface area (Å²) in [5, 5.41) is 13.5. The van der Waals surface area contributed by atoms with Gasteiger partial charge in [-0.05, 0) is 41.3 Å². The second kappa shape index (κ2) is 5.09. The highest BCUT2D eigenvalue weighted by atomic mass is 16.4. The SMILES string of the molecule is O=C(O)c1ccccc1NCc1ccc2[nH]ccc2c1. The zero-order chi connectivity index (χ0) is 13.9. The van der Waals surface area contributed by atoms with Crippen LogP contribution < -0.4 is 5.32 Å². The van der Waals surface area contributed by atoms with Crippen LogP contribution in [0.4, 0.5) is 5.69 Å². The summed E-state index contributed by atoms with van der Waals surface area (Å²) in [7, 11) is 0. The number of hydrogen-bond acceptors (Lipinski definition) is 2. The Morgan fingerprint density at radius 2 is 2.00 bits per heavy atom. The van der Waals surface area contributed by atoms with Gasteiger partial charge in [-0.2, -0.15) is 0 Å². The molecule has 0 saturated carbocycles. The van der Waals surface area contributed by atoms with Gasteiger partial charge in [0.25, 0.3) is 0 Å². The molecule has 4 nitrogen and oxygen atoms in total. The van der Waals surface area contributed by atoms with Crippen molar-refractivity contribution in [3.63, 3.8) is 0 Å². The van der Waals surface area contributed by atoms with Crippen LogP contribution in [0.5, 0.6) is 0 Å². The maximum absolute atomic E-state index is 11.1. The maximum atomic E-state index is 11.1. The summed E-state index contributed by atoms with van der Waals surface area (Å²) in [6.45, 7) is 0.589. The zero-order valence-corrected chi connectivity index (χ0v) is 10.8. The van der Waals surface area contributed by atoms with Crippen molar-refractivity contribution >= 4 is 22.6 Å². The Morgan fingerprint density at radius 1 is 1.15 bits per heavy atom. The molecule has 0 aliphatic heterocycles. The van der Waals surface area contributed by atoms with Crippen molar-refractivity contribution in [1.29, 1.82) is 0 Å². The van der Waals surface area contributed by atoms with Gasteiger partial charge in [-0.15, -0.1) is 0 Å². The largest absolute Gasteiger partial charge is 0.478 e. The molecule has 3 N–H and O–H groups in total. The lowest BCUT2D eigenvalue weighted by atomic mass is 10.1. The molecule has 0 bridgehead atoms. The number of carboxylic acids is 1. The van der Waals surface area contributed by atoms with E-state index in [9.17, 15) is 4.79 Å². The van der Waals surface area contributed by atoms with Gasteiger partial charge in [-0.25, -0.2) is 4.79 Å². The molecule has 0 spiro atoms. The first-order valence-corrected chi connectivity index (χ1v) is 6.36. The highest BCUT2D eigenvalue weighted by Gasteiger charge is 2.08. The van der Waals surface area contributed by atoms with Gasteiger partial charge < -0.3 is 15.4 Å². The summed E-state index contributed by atoms with van der Waals surface area (Å²) in [6.07, 6.45) is 1.90. The molecule has 0 saturated heterocycles. The number of fused-ring (bicyclic) bond motifs is 1. The average Bonchev–Trinajstić information content (AvgIpc) is 2.92. The van der Waals surface area contributed by atoms with Crippen molar-refractivity contribution in [3.05, 3.63) is 65.9 Å². The Bertz CT molecular complexity index is 762. The molecule has 1 aromatic heterocycles. The predicted octanol–water partition coefficient (Wildman–Crippen LogP) is 3.48. The number of para-hydroxylation sites is 1. The van der Waals surface area contributed by atoms with Crippen LogP contribution in [-0.2, 0) is 6.54 Å². The molecule has 0 radical (unpaired) electrons. The minimum absolute atomic E-state index is 0.287. The zero-order valence-electron chi connectivity index (χ0n) is 10.8. The van der Waals surface area contributed by atoms with Gasteiger partial charge in [-0.3, -0.25) is 0 Å². The molecule has 3 rings (SSSR count). The van der Waals surface area contributed by atoms with Crippen molar-refractivity contribution < 1.29 is 9.90 Å². The smallest absolute Gasteiger partial charge is 0.337 e. The van der Waals surface area contributed by atoms with E-state index in [0.29, 0.717) is 12.2 Å². The van der Waals surface area contributed by atoms with Crippen molar-refractivity contribution in [2.75, 3.05) is 5.32 Å². The Labute approximate surface area is 116 Å². The second-order valence-corrected chi connectivity index (χ2v) is 4.60. The van der Waals surface area contributed by atoms with Gasteiger partial charge >= 0.3 is 5.97 Å². The topological polar surface area (TPSA) is 65.1 Å². The number of H-pyrrole nitrogens is 1. The molecular weight excluding hydrogens is 252 g/mol. The van der Waals surface area contributed by atoms with Crippen LogP contribution in [0.25, 0.3) is 10.9 Å². The van der Waals surface area contributed by atoms with E-state index < -0.39 is 5.97 Å². The summed E-state index contributed by atoms with van der Waals surface area (Å²) >= 11 is 0. The minimum atomic E-state index is -0.922. The normalized spacial score (nSPS) is 10.6. The molecular formula is C16H14N2O2. The fraction of sp³-hybridized carbons (Fsp3) is 0.0625. The van der Waals surface area contributed by atoms with E-state index in [1.807, 2.05) is 30.5 Å². The lowest BCUT2D eigenvalue weighted by Crippen LogP contribution is -2.06. The number of anilines is 1. The third-order valence-corrected chi connectivity index (χ3v) is 3.26. The van der Waals surface area contributed by atoms with Crippen molar-refractivity contribution in [2.24, 2.45) is 0 Å². The molecule has 1 heterocycles. The summed E-state index contributed by atoms with van der Waals surface area (Å²) in [4.78, 5) is 14.3. The van der Waals surface area contributed by atoms with Gasteiger partial charge in [0, 0.05) is 23.9 Å². The van der Waals surface area contributed by atoms with Crippen LogP contribution in [0, 0.1) is 0 Å². The van der Waals surface area contributed by atoms with E-state index in [0.717, 1.165) is 16.5 Å². The quantitative estimate of drug-likeness (QED) is 0.677. The fourth-order valence-electron chi connectivity index (χ4n) is 2.23. The molecule has 0 atom stereocenters. The molecule has 0 fully saturated rings. The van der Waals surface area contributed by atoms with Crippen LogP contribution in [-0.4, -0.2) is 16.1 Å². The molecule has 0 unspecified atom stereocenters. The third-order valence-electron chi connectivity index (χ3n) is 3.26. The maximum Gasteiger partial charge on any atom is 0.337 e. The van der Waals surface area contributed by atoms with Gasteiger partial charge in [0.1, 0.15) is 0 Å². The molecule has 20 heavy (non-hydrogen) atoms. The number of aromatic nitrogens is 1. The average molecular weight is 266 g/mol. The van der Waals surface area contributed by atoms with Crippen molar-refractivity contribution in [2.45, 2.75) is 6.54 Å². The van der Waals surface area contributed by atoms with Crippen LogP contribution in [0.2, 0.25) is 0 Å². The highest BCUT2D eigenvalue weighted by molar-refractivity contribution is 5.94. The van der Waals surface area contributed by atoms with Crippen LogP contribution in [0.15, 0.2) is 54.7 Å². The lowest BCUT2D eigenvalue weighted by molar-refractivity contribution is 0.0698. The number of benzene rings is 2. The van der Waals surface area contributed by atoms with Gasteiger partial charge in [0.15, 0.2) is 0 Å². The summed E-state index contributed by atoms with van der Waals surface area (Å²) in [5.41, 5.74) is 3.13. The van der Waals surface area contributed by atoms with E-state index in [1.165, 1.54) is 0 Å². The molecule has 3 aromatic rings.